The first kappa shape index (κ1) is 6.86. The van der Waals surface area contributed by atoms with E-state index >= 15 is 0 Å². The minimum atomic E-state index is 0.694. The Bertz CT molecular complexity index is 193. The quantitative estimate of drug-likeness (QED) is 0.599. The van der Waals surface area contributed by atoms with E-state index < -0.39 is 0 Å². The molecule has 0 spiro atoms. The lowest BCUT2D eigenvalue weighted by atomic mass is 10.5. The Morgan fingerprint density at radius 2 is 1.60 bits per heavy atom. The lowest BCUT2D eigenvalue weighted by Crippen LogP contribution is -2.09. The van der Waals surface area contributed by atoms with Crippen LogP contribution in [-0.2, 0) is 0 Å². The van der Waals surface area contributed by atoms with E-state index in [1.54, 1.807) is 14.2 Å². The van der Waals surface area contributed by atoms with Gasteiger partial charge in [0.15, 0.2) is 0 Å². The first-order valence-electron chi connectivity index (χ1n) is 2.97. The van der Waals surface area contributed by atoms with Crippen molar-refractivity contribution in [3.8, 4) is 11.8 Å². The van der Waals surface area contributed by atoms with Crippen molar-refractivity contribution in [2.75, 3.05) is 14.2 Å². The van der Waals surface area contributed by atoms with E-state index in [1.807, 2.05) is 18.2 Å². The predicted octanol–water partition coefficient (Wildman–Crippen LogP) is 0.518. The monoisotopic (exact) mass is 140 g/mol. The highest BCUT2D eigenvalue weighted by atomic mass is 16.5. The van der Waals surface area contributed by atoms with Crippen LogP contribution in [0.15, 0.2) is 18.2 Å². The zero-order valence-electron chi connectivity index (χ0n) is 6.05. The largest absolute Gasteiger partial charge is 0.448 e. The van der Waals surface area contributed by atoms with Gasteiger partial charge in [-0.2, -0.15) is 0 Å². The van der Waals surface area contributed by atoms with Crippen LogP contribution in [-0.4, -0.2) is 14.2 Å². The lowest BCUT2D eigenvalue weighted by Gasteiger charge is -1.92. The van der Waals surface area contributed by atoms with E-state index in [4.69, 9.17) is 9.47 Å². The van der Waals surface area contributed by atoms with Crippen LogP contribution < -0.4 is 14.5 Å². The van der Waals surface area contributed by atoms with Crippen LogP contribution in [0.5, 0.6) is 11.8 Å². The molecule has 0 aliphatic carbocycles. The Labute approximate surface area is 59.6 Å². The molecular weight excluding hydrogens is 130 g/mol. The molecule has 1 aromatic heterocycles. The highest BCUT2D eigenvalue weighted by molar-refractivity contribution is 5.09. The molecule has 0 unspecified atom stereocenters. The molecule has 54 valence electrons. The van der Waals surface area contributed by atoms with E-state index in [2.05, 4.69) is 4.98 Å². The van der Waals surface area contributed by atoms with Gasteiger partial charge in [-0.1, -0.05) is 0 Å². The van der Waals surface area contributed by atoms with Crippen LogP contribution in [0, 0.1) is 0 Å². The number of nitrogens with one attached hydrogen (secondary N) is 1. The Hall–Kier alpha value is -1.25. The average Bonchev–Trinajstić information content (AvgIpc) is 2.05. The van der Waals surface area contributed by atoms with E-state index in [1.165, 1.54) is 0 Å². The number of H-pyrrole nitrogens is 1. The maximum absolute atomic E-state index is 4.92. The van der Waals surface area contributed by atoms with Crippen LogP contribution in [0.2, 0.25) is 0 Å². The number of aromatic nitrogens is 1. The average molecular weight is 140 g/mol. The second-order valence-electron chi connectivity index (χ2n) is 1.79. The molecular formula is C7H10NO2+. The van der Waals surface area contributed by atoms with Gasteiger partial charge in [0.25, 0.3) is 0 Å². The summed E-state index contributed by atoms with van der Waals surface area (Å²) in [5.74, 6) is 1.39. The number of pyridine rings is 1. The summed E-state index contributed by atoms with van der Waals surface area (Å²) in [5, 5.41) is 0. The summed E-state index contributed by atoms with van der Waals surface area (Å²) in [6.07, 6.45) is 0. The van der Waals surface area contributed by atoms with Gasteiger partial charge < -0.3 is 9.47 Å². The fraction of sp³-hybridized carbons (Fsp3) is 0.286. The highest BCUT2D eigenvalue weighted by Crippen LogP contribution is 2.04. The molecule has 1 aromatic rings. The second-order valence-corrected chi connectivity index (χ2v) is 1.79. The zero-order valence-corrected chi connectivity index (χ0v) is 6.05. The normalized spacial score (nSPS) is 9.00. The predicted molar refractivity (Wildman–Crippen MR) is 36.1 cm³/mol. The van der Waals surface area contributed by atoms with Gasteiger partial charge in [0.05, 0.1) is 26.4 Å². The molecule has 0 amide bonds. The summed E-state index contributed by atoms with van der Waals surface area (Å²) in [4.78, 5) is 2.90. The number of ether oxygens (including phenoxy) is 2. The molecule has 3 nitrogen and oxygen atoms in total. The van der Waals surface area contributed by atoms with E-state index in [-0.39, 0.29) is 0 Å². The SMILES string of the molecule is COc1cccc(OC)[nH+]1. The third-order valence-corrected chi connectivity index (χ3v) is 1.18. The molecule has 0 aliphatic heterocycles. The van der Waals surface area contributed by atoms with Crippen molar-refractivity contribution in [3.63, 3.8) is 0 Å². The standard InChI is InChI=1S/C7H9NO2/c1-9-6-4-3-5-7(8-6)10-2/h3-5H,1-2H3/p+1. The molecule has 0 aliphatic rings. The van der Waals surface area contributed by atoms with E-state index in [0.29, 0.717) is 11.8 Å². The third-order valence-electron chi connectivity index (χ3n) is 1.18. The number of hydrogen-bond acceptors (Lipinski definition) is 2. The van der Waals surface area contributed by atoms with Crippen LogP contribution in [0.1, 0.15) is 0 Å². The maximum atomic E-state index is 4.92. The summed E-state index contributed by atoms with van der Waals surface area (Å²) in [6.45, 7) is 0. The molecule has 0 saturated heterocycles. The van der Waals surface area contributed by atoms with Gasteiger partial charge in [-0.3, -0.25) is 0 Å². The summed E-state index contributed by atoms with van der Waals surface area (Å²) < 4.78 is 9.84. The molecule has 10 heavy (non-hydrogen) atoms. The zero-order chi connectivity index (χ0) is 7.40. The summed E-state index contributed by atoms with van der Waals surface area (Å²) in [5.41, 5.74) is 0. The Morgan fingerprint density at radius 1 is 1.10 bits per heavy atom. The van der Waals surface area contributed by atoms with Crippen molar-refractivity contribution >= 4 is 0 Å². The molecule has 0 radical (unpaired) electrons. The first-order valence-corrected chi connectivity index (χ1v) is 2.97. The fourth-order valence-electron chi connectivity index (χ4n) is 0.666. The molecule has 1 N–H and O–H groups in total. The number of methoxy groups -OCH3 is 2. The van der Waals surface area contributed by atoms with Gasteiger partial charge in [-0.05, 0) is 6.07 Å². The third kappa shape index (κ3) is 1.37. The van der Waals surface area contributed by atoms with Crippen molar-refractivity contribution in [1.82, 2.24) is 0 Å². The van der Waals surface area contributed by atoms with E-state index in [0.717, 1.165) is 0 Å². The molecule has 0 atom stereocenters. The van der Waals surface area contributed by atoms with Crippen LogP contribution in [0.3, 0.4) is 0 Å². The Balaban J connectivity index is 2.87. The molecule has 0 fully saturated rings. The second kappa shape index (κ2) is 3.06. The van der Waals surface area contributed by atoms with Crippen LogP contribution >= 0.6 is 0 Å². The van der Waals surface area contributed by atoms with Gasteiger partial charge >= 0.3 is 11.8 Å². The van der Waals surface area contributed by atoms with E-state index in [9.17, 15) is 0 Å². The van der Waals surface area contributed by atoms with Crippen molar-refractivity contribution in [2.24, 2.45) is 0 Å². The van der Waals surface area contributed by atoms with Gasteiger partial charge in [-0.25, -0.2) is 0 Å². The van der Waals surface area contributed by atoms with Crippen molar-refractivity contribution < 1.29 is 14.5 Å². The van der Waals surface area contributed by atoms with Crippen molar-refractivity contribution in [2.45, 2.75) is 0 Å². The minimum absolute atomic E-state index is 0.694. The number of rotatable bonds is 2. The number of aromatic amines is 1. The van der Waals surface area contributed by atoms with Gasteiger partial charge in [0.1, 0.15) is 0 Å². The molecule has 3 heteroatoms. The fourth-order valence-corrected chi connectivity index (χ4v) is 0.666. The Morgan fingerprint density at radius 3 is 2.00 bits per heavy atom. The minimum Gasteiger partial charge on any atom is -0.448 e. The molecule has 1 rings (SSSR count). The van der Waals surface area contributed by atoms with Gasteiger partial charge in [-0.15, -0.1) is 4.98 Å². The van der Waals surface area contributed by atoms with Gasteiger partial charge in [0, 0.05) is 0 Å². The van der Waals surface area contributed by atoms with Crippen molar-refractivity contribution in [1.29, 1.82) is 0 Å². The Kier molecular flexibility index (Phi) is 2.10. The van der Waals surface area contributed by atoms with Crippen LogP contribution in [0.25, 0.3) is 0 Å². The molecule has 0 aromatic carbocycles. The maximum Gasteiger partial charge on any atom is 0.368 e. The highest BCUT2D eigenvalue weighted by Gasteiger charge is 2.02. The first-order chi connectivity index (χ1) is 4.86. The molecule has 0 bridgehead atoms. The topological polar surface area (TPSA) is 32.6 Å². The summed E-state index contributed by atoms with van der Waals surface area (Å²) in [6, 6.07) is 5.50. The molecule has 1 heterocycles. The summed E-state index contributed by atoms with van der Waals surface area (Å²) in [7, 11) is 3.20. The van der Waals surface area contributed by atoms with Crippen molar-refractivity contribution in [3.05, 3.63) is 18.2 Å². The van der Waals surface area contributed by atoms with Gasteiger partial charge in [0.2, 0.25) is 0 Å². The van der Waals surface area contributed by atoms with Crippen LogP contribution in [0.4, 0.5) is 0 Å². The molecule has 0 saturated carbocycles. The summed E-state index contributed by atoms with van der Waals surface area (Å²) >= 11 is 0. The smallest absolute Gasteiger partial charge is 0.368 e. The lowest BCUT2D eigenvalue weighted by molar-refractivity contribution is -0.406. The number of hydrogen-bond donors (Lipinski definition) is 0.